The van der Waals surface area contributed by atoms with Gasteiger partial charge in [0.2, 0.25) is 5.91 Å². The Hall–Kier alpha value is -3.00. The van der Waals surface area contributed by atoms with E-state index in [1.54, 1.807) is 9.80 Å². The second-order valence-corrected chi connectivity index (χ2v) is 6.91. The number of anilines is 1. The van der Waals surface area contributed by atoms with Crippen LogP contribution >= 0.6 is 0 Å². The van der Waals surface area contributed by atoms with E-state index in [1.165, 1.54) is 18.2 Å². The lowest BCUT2D eigenvalue weighted by molar-refractivity contribution is -0.132. The summed E-state index contributed by atoms with van der Waals surface area (Å²) >= 11 is 0. The van der Waals surface area contributed by atoms with E-state index in [4.69, 9.17) is 5.73 Å². The van der Waals surface area contributed by atoms with E-state index in [0.29, 0.717) is 32.6 Å². The fourth-order valence-electron chi connectivity index (χ4n) is 3.65. The minimum absolute atomic E-state index is 0.0390. The number of fused-ring (bicyclic) bond motifs is 1. The van der Waals surface area contributed by atoms with Crippen molar-refractivity contribution in [1.29, 1.82) is 0 Å². The first kappa shape index (κ1) is 18.4. The molecule has 0 spiro atoms. The number of hydrogen-bond acceptors (Lipinski definition) is 4. The molecule has 0 saturated carbocycles. The number of carbonyl (C=O) groups is 1. The Labute approximate surface area is 160 Å². The Morgan fingerprint density at radius 2 is 1.75 bits per heavy atom. The summed E-state index contributed by atoms with van der Waals surface area (Å²) in [5.74, 6) is -1.36. The monoisotopic (exact) mass is 385 g/mol. The van der Waals surface area contributed by atoms with Crippen molar-refractivity contribution >= 4 is 22.5 Å². The number of amides is 1. The van der Waals surface area contributed by atoms with Crippen LogP contribution in [0, 0.1) is 11.6 Å². The number of para-hydroxylation sites is 2. The molecule has 1 aromatic heterocycles. The number of nitrogens with zero attached hydrogens (tertiary/aromatic N) is 3. The summed E-state index contributed by atoms with van der Waals surface area (Å²) in [5.41, 5.74) is 7.77. The van der Waals surface area contributed by atoms with Gasteiger partial charge in [0.1, 0.15) is 17.3 Å². The number of aromatic amines is 1. The number of H-pyrrole nitrogens is 1. The normalized spacial score (nSPS) is 15.8. The molecule has 1 aliphatic heterocycles. The first-order chi connectivity index (χ1) is 13.5. The van der Waals surface area contributed by atoms with Crippen LogP contribution in [0.1, 0.15) is 5.69 Å². The smallest absolute Gasteiger partial charge is 0.240 e. The standard InChI is InChI=1S/C20H21F2N5O/c21-14-5-3-6-15(22)19(14)26-8-10-27(11-9-26)20(28)16(23)12-18-13-4-1-2-7-17(13)24-25-18/h1-7,16H,8-12,23H2,(H,24,25). The van der Waals surface area contributed by atoms with Crippen molar-refractivity contribution in [3.63, 3.8) is 0 Å². The molecule has 0 bridgehead atoms. The van der Waals surface area contributed by atoms with E-state index >= 15 is 0 Å². The zero-order chi connectivity index (χ0) is 19.7. The fourth-order valence-corrected chi connectivity index (χ4v) is 3.65. The number of aromatic nitrogens is 2. The predicted molar refractivity (Wildman–Crippen MR) is 103 cm³/mol. The summed E-state index contributed by atoms with van der Waals surface area (Å²) in [4.78, 5) is 16.0. The topological polar surface area (TPSA) is 78.2 Å². The van der Waals surface area contributed by atoms with Gasteiger partial charge in [0, 0.05) is 43.7 Å². The molecule has 3 N–H and O–H groups in total. The molecule has 3 aromatic rings. The number of nitrogens with one attached hydrogen (secondary N) is 1. The van der Waals surface area contributed by atoms with Crippen LogP contribution in [-0.4, -0.2) is 53.2 Å². The van der Waals surface area contributed by atoms with Gasteiger partial charge in [0.25, 0.3) is 0 Å². The quantitative estimate of drug-likeness (QED) is 0.721. The van der Waals surface area contributed by atoms with Gasteiger partial charge in [-0.2, -0.15) is 5.10 Å². The molecule has 4 rings (SSSR count). The molecule has 8 heteroatoms. The zero-order valence-electron chi connectivity index (χ0n) is 15.2. The van der Waals surface area contributed by atoms with Gasteiger partial charge in [-0.15, -0.1) is 0 Å². The summed E-state index contributed by atoms with van der Waals surface area (Å²) in [5, 5.41) is 8.12. The highest BCUT2D eigenvalue weighted by molar-refractivity contribution is 5.85. The Bertz CT molecular complexity index is 977. The van der Waals surface area contributed by atoms with E-state index in [1.807, 2.05) is 24.3 Å². The van der Waals surface area contributed by atoms with Crippen molar-refractivity contribution in [1.82, 2.24) is 15.1 Å². The van der Waals surface area contributed by atoms with Crippen molar-refractivity contribution in [2.45, 2.75) is 12.5 Å². The average molecular weight is 385 g/mol. The largest absolute Gasteiger partial charge is 0.363 e. The van der Waals surface area contributed by atoms with Crippen molar-refractivity contribution in [3.05, 3.63) is 59.8 Å². The highest BCUT2D eigenvalue weighted by Crippen LogP contribution is 2.24. The van der Waals surface area contributed by atoms with Gasteiger partial charge < -0.3 is 15.5 Å². The molecule has 2 aromatic carbocycles. The Balaban J connectivity index is 1.40. The third kappa shape index (κ3) is 3.43. The highest BCUT2D eigenvalue weighted by Gasteiger charge is 2.28. The molecule has 0 radical (unpaired) electrons. The Morgan fingerprint density at radius 1 is 1.07 bits per heavy atom. The van der Waals surface area contributed by atoms with Gasteiger partial charge in [-0.05, 0) is 18.2 Å². The molecule has 2 heterocycles. The van der Waals surface area contributed by atoms with Crippen LogP contribution in [0.15, 0.2) is 42.5 Å². The van der Waals surface area contributed by atoms with E-state index in [9.17, 15) is 13.6 Å². The molecule has 1 unspecified atom stereocenters. The molecule has 6 nitrogen and oxygen atoms in total. The molecular formula is C20H21F2N5O. The number of piperazine rings is 1. The lowest BCUT2D eigenvalue weighted by Crippen LogP contribution is -2.54. The maximum atomic E-state index is 14.0. The maximum Gasteiger partial charge on any atom is 0.240 e. The van der Waals surface area contributed by atoms with Gasteiger partial charge >= 0.3 is 0 Å². The summed E-state index contributed by atoms with van der Waals surface area (Å²) in [7, 11) is 0. The first-order valence-corrected chi connectivity index (χ1v) is 9.20. The maximum absolute atomic E-state index is 14.0. The number of nitrogens with two attached hydrogens (primary N) is 1. The lowest BCUT2D eigenvalue weighted by Gasteiger charge is -2.37. The van der Waals surface area contributed by atoms with E-state index in [0.717, 1.165) is 16.6 Å². The number of rotatable bonds is 4. The minimum atomic E-state index is -0.708. The summed E-state index contributed by atoms with van der Waals surface area (Å²) in [6.45, 7) is 1.43. The van der Waals surface area contributed by atoms with Crippen molar-refractivity contribution in [2.75, 3.05) is 31.1 Å². The fraction of sp³-hybridized carbons (Fsp3) is 0.300. The third-order valence-electron chi connectivity index (χ3n) is 5.13. The van der Waals surface area contributed by atoms with Crippen LogP contribution in [0.4, 0.5) is 14.5 Å². The zero-order valence-corrected chi connectivity index (χ0v) is 15.2. The molecule has 1 amide bonds. The molecule has 1 atom stereocenters. The van der Waals surface area contributed by atoms with Gasteiger partial charge in [0.05, 0.1) is 11.6 Å². The van der Waals surface area contributed by atoms with E-state index in [2.05, 4.69) is 10.2 Å². The number of halogens is 2. The Morgan fingerprint density at radius 3 is 2.46 bits per heavy atom. The molecular weight excluding hydrogens is 364 g/mol. The average Bonchev–Trinajstić information content (AvgIpc) is 3.11. The SMILES string of the molecule is NC(Cc1[nH]nc2ccccc12)C(=O)N1CCN(c2c(F)cccc2F)CC1. The van der Waals surface area contributed by atoms with Gasteiger partial charge in [-0.3, -0.25) is 9.89 Å². The van der Waals surface area contributed by atoms with Crippen molar-refractivity contribution < 1.29 is 13.6 Å². The van der Waals surface area contributed by atoms with Crippen LogP contribution in [0.25, 0.3) is 10.9 Å². The van der Waals surface area contributed by atoms with Crippen LogP contribution < -0.4 is 10.6 Å². The van der Waals surface area contributed by atoms with E-state index < -0.39 is 17.7 Å². The predicted octanol–water partition coefficient (Wildman–Crippen LogP) is 2.06. The van der Waals surface area contributed by atoms with Gasteiger partial charge in [0.15, 0.2) is 0 Å². The van der Waals surface area contributed by atoms with Crippen molar-refractivity contribution in [3.8, 4) is 0 Å². The lowest BCUT2D eigenvalue weighted by atomic mass is 10.1. The van der Waals surface area contributed by atoms with Crippen LogP contribution in [0.2, 0.25) is 0 Å². The van der Waals surface area contributed by atoms with Crippen molar-refractivity contribution in [2.24, 2.45) is 5.73 Å². The van der Waals surface area contributed by atoms with Crippen LogP contribution in [0.5, 0.6) is 0 Å². The summed E-state index contributed by atoms with van der Waals surface area (Å²) in [6.07, 6.45) is 0.349. The molecule has 1 fully saturated rings. The van der Waals surface area contributed by atoms with E-state index in [-0.39, 0.29) is 11.6 Å². The number of hydrogen-bond donors (Lipinski definition) is 2. The number of carbonyl (C=O) groups excluding carboxylic acids is 1. The number of benzene rings is 2. The molecule has 1 aliphatic rings. The molecule has 146 valence electrons. The van der Waals surface area contributed by atoms with Crippen LogP contribution in [-0.2, 0) is 11.2 Å². The van der Waals surface area contributed by atoms with Gasteiger partial charge in [-0.25, -0.2) is 8.78 Å². The minimum Gasteiger partial charge on any atom is -0.363 e. The van der Waals surface area contributed by atoms with Gasteiger partial charge in [-0.1, -0.05) is 24.3 Å². The molecule has 1 saturated heterocycles. The molecule has 0 aliphatic carbocycles. The Kier molecular flexibility index (Phi) is 4.95. The second kappa shape index (κ2) is 7.55. The van der Waals surface area contributed by atoms with Crippen LogP contribution in [0.3, 0.4) is 0 Å². The third-order valence-corrected chi connectivity index (χ3v) is 5.13. The second-order valence-electron chi connectivity index (χ2n) is 6.91. The summed E-state index contributed by atoms with van der Waals surface area (Å²) < 4.78 is 27.9. The summed E-state index contributed by atoms with van der Waals surface area (Å²) in [6, 6.07) is 10.7. The first-order valence-electron chi connectivity index (χ1n) is 9.20. The molecule has 28 heavy (non-hydrogen) atoms. The highest BCUT2D eigenvalue weighted by atomic mass is 19.1.